The topological polar surface area (TPSA) is 59.2 Å². The van der Waals surface area contributed by atoms with Crippen molar-refractivity contribution in [1.29, 1.82) is 0 Å². The normalized spacial score (nSPS) is 13.4. The molecule has 2 N–H and O–H groups in total. The smallest absolute Gasteiger partial charge is 0.185 e. The van der Waals surface area contributed by atoms with Crippen LogP contribution in [0.1, 0.15) is 48.3 Å². The number of anilines is 1. The maximum atomic E-state index is 12.1. The maximum absolute atomic E-state index is 12.1. The van der Waals surface area contributed by atoms with E-state index in [4.69, 9.17) is 5.73 Å². The third-order valence-corrected chi connectivity index (χ3v) is 5.85. The first-order valence-electron chi connectivity index (χ1n) is 10.6. The number of benzene rings is 1. The Morgan fingerprint density at radius 3 is 2.39 bits per heavy atom. The van der Waals surface area contributed by atoms with E-state index in [0.717, 1.165) is 43.5 Å². The van der Waals surface area contributed by atoms with Crippen molar-refractivity contribution in [2.45, 2.75) is 46.1 Å². The van der Waals surface area contributed by atoms with E-state index >= 15 is 0 Å². The molecule has 0 radical (unpaired) electrons. The minimum atomic E-state index is -0.171. The summed E-state index contributed by atoms with van der Waals surface area (Å²) in [6.45, 7) is 9.63. The summed E-state index contributed by atoms with van der Waals surface area (Å²) in [5.41, 5.74) is 8.94. The van der Waals surface area contributed by atoms with Gasteiger partial charge in [-0.3, -0.25) is 0 Å². The molecule has 0 amide bonds. The monoisotopic (exact) mass is 439 g/mol. The second-order valence-electron chi connectivity index (χ2n) is 7.52. The van der Waals surface area contributed by atoms with Crippen LogP contribution in [0.3, 0.4) is 0 Å². The van der Waals surface area contributed by atoms with Crippen molar-refractivity contribution in [3.8, 4) is 0 Å². The van der Waals surface area contributed by atoms with Gasteiger partial charge in [0.05, 0.1) is 5.69 Å². The van der Waals surface area contributed by atoms with Crippen LogP contribution in [0, 0.1) is 12.7 Å². The Kier molecular flexibility index (Phi) is 10.5. The maximum Gasteiger partial charge on any atom is 0.185 e. The summed E-state index contributed by atoms with van der Waals surface area (Å²) < 4.78 is 12.1. The average molecular weight is 439 g/mol. The van der Waals surface area contributed by atoms with E-state index in [1.165, 1.54) is 23.0 Å². The van der Waals surface area contributed by atoms with Gasteiger partial charge >= 0.3 is 54.0 Å². The van der Waals surface area contributed by atoms with Crippen LogP contribution < -0.4 is 10.6 Å². The number of hydrogen-bond acceptors (Lipinski definition) is 5. The van der Waals surface area contributed by atoms with Crippen LogP contribution in [0.2, 0.25) is 0 Å². The molecule has 7 heteroatoms. The number of ketones is 1. The molecule has 164 valence electrons. The molecule has 3 heterocycles. The number of carbonyl (C=O) groups is 1. The molecular weight excluding hydrogens is 408 g/mol. The quantitative estimate of drug-likeness (QED) is 0.584. The average Bonchev–Trinajstić information content (AvgIpc) is 3.27. The summed E-state index contributed by atoms with van der Waals surface area (Å²) in [6, 6.07) is 10.5. The Balaban J connectivity index is 0.000000175. The van der Waals surface area contributed by atoms with Crippen molar-refractivity contribution in [2.75, 3.05) is 18.0 Å². The number of rotatable bonds is 3. The molecule has 2 aromatic heterocycles. The van der Waals surface area contributed by atoms with Crippen molar-refractivity contribution in [3.63, 3.8) is 0 Å². The Labute approximate surface area is 189 Å². The molecule has 0 spiro atoms. The molecule has 1 aliphatic rings. The fraction of sp³-hybridized carbons (Fsp3) is 0.375. The second-order valence-corrected chi connectivity index (χ2v) is 8.35. The van der Waals surface area contributed by atoms with Gasteiger partial charge in [0.1, 0.15) is 5.82 Å². The molecule has 3 aromatic rings. The van der Waals surface area contributed by atoms with Gasteiger partial charge in [0.25, 0.3) is 0 Å². The van der Waals surface area contributed by atoms with Gasteiger partial charge in [-0.15, -0.1) is 11.3 Å². The molecule has 1 aromatic carbocycles. The molecule has 4 nitrogen and oxygen atoms in total. The number of aromatic nitrogens is 1. The van der Waals surface area contributed by atoms with Gasteiger partial charge in [-0.05, 0) is 38.3 Å². The van der Waals surface area contributed by atoms with Crippen LogP contribution in [0.5, 0.6) is 0 Å². The third kappa shape index (κ3) is 9.11. The van der Waals surface area contributed by atoms with Crippen molar-refractivity contribution < 1.29 is 9.18 Å². The molecule has 1 saturated heterocycles. The van der Waals surface area contributed by atoms with E-state index in [9.17, 15) is 9.18 Å². The summed E-state index contributed by atoms with van der Waals surface area (Å²) in [4.78, 5) is 17.6. The molecule has 0 atom stereocenters. The number of nitrogens with zero attached hydrogens (tertiary/aromatic N) is 2. The van der Waals surface area contributed by atoms with E-state index in [1.54, 1.807) is 30.4 Å². The van der Waals surface area contributed by atoms with Gasteiger partial charge in [-0.25, -0.2) is 9.37 Å². The zero-order valence-electron chi connectivity index (χ0n) is 18.6. The SMILES string of the molecule is CC(=O)c1cbccc1.CCc1csc(N2CCC(N)CC2)n1.Cc1ccc(F)cc1. The molecule has 0 unspecified atom stereocenters. The molecule has 0 bridgehead atoms. The Morgan fingerprint density at radius 1 is 1.26 bits per heavy atom. The molecule has 31 heavy (non-hydrogen) atoms. The fourth-order valence-electron chi connectivity index (χ4n) is 2.90. The number of nitrogens with two attached hydrogens (primary N) is 1. The van der Waals surface area contributed by atoms with Crippen LogP contribution in [0.4, 0.5) is 9.52 Å². The van der Waals surface area contributed by atoms with Crippen LogP contribution in [-0.2, 0) is 6.42 Å². The van der Waals surface area contributed by atoms with Crippen molar-refractivity contribution in [2.24, 2.45) is 5.73 Å². The van der Waals surface area contributed by atoms with E-state index in [0.29, 0.717) is 6.04 Å². The zero-order chi connectivity index (χ0) is 22.6. The molecule has 1 aliphatic heterocycles. The van der Waals surface area contributed by atoms with E-state index in [1.807, 2.05) is 37.9 Å². The van der Waals surface area contributed by atoms with E-state index < -0.39 is 0 Å². The predicted octanol–water partition coefficient (Wildman–Crippen LogP) is 4.99. The molecule has 0 aliphatic carbocycles. The largest absolute Gasteiger partial charge is 0.348 e. The van der Waals surface area contributed by atoms with E-state index in [2.05, 4.69) is 22.2 Å². The summed E-state index contributed by atoms with van der Waals surface area (Å²) in [5.74, 6) is 3.65. The number of piperidine rings is 1. The van der Waals surface area contributed by atoms with Gasteiger partial charge in [-0.2, -0.15) is 0 Å². The van der Waals surface area contributed by atoms with Crippen LogP contribution in [-0.4, -0.2) is 36.8 Å². The third-order valence-electron chi connectivity index (χ3n) is 4.90. The minimum Gasteiger partial charge on any atom is -0.348 e. The van der Waals surface area contributed by atoms with Crippen molar-refractivity contribution >= 4 is 29.2 Å². The Morgan fingerprint density at radius 2 is 1.94 bits per heavy atom. The summed E-state index contributed by atoms with van der Waals surface area (Å²) in [7, 11) is 0. The van der Waals surface area contributed by atoms with Crippen LogP contribution in [0.25, 0.3) is 0 Å². The number of halogens is 1. The van der Waals surface area contributed by atoms with Gasteiger partial charge in [-0.1, -0.05) is 24.6 Å². The Bertz CT molecular complexity index is 889. The van der Waals surface area contributed by atoms with Gasteiger partial charge in [0.2, 0.25) is 0 Å². The first-order valence-corrected chi connectivity index (χ1v) is 11.5. The zero-order valence-corrected chi connectivity index (χ0v) is 19.4. The standard InChI is InChI=1S/C10H17N3S.C7H7BO.C7H7F/c1-2-9-7-14-10(12-9)13-5-3-8(11)4-6-13;1-6(9)7-3-2-4-8-5-7;1-6-2-4-7(8)5-3-6/h7-8H,2-6,11H2,1H3;2-5H,1H3;2-5H,1H3. The number of Topliss-reactive ketones (excluding diaryl/α,β-unsaturated/α-hetero) is 1. The van der Waals surface area contributed by atoms with Crippen molar-refractivity contribution in [1.82, 2.24) is 4.98 Å². The summed E-state index contributed by atoms with van der Waals surface area (Å²) in [6.07, 6.45) is 3.23. The molecular formula is C24H31BFN3OS. The number of aryl methyl sites for hydroxylation is 2. The van der Waals surface area contributed by atoms with Crippen LogP contribution >= 0.6 is 11.3 Å². The Hall–Kier alpha value is -2.38. The first kappa shape index (κ1) is 24.9. The molecule has 4 rings (SSSR count). The van der Waals surface area contributed by atoms with Gasteiger partial charge < -0.3 is 10.6 Å². The summed E-state index contributed by atoms with van der Waals surface area (Å²) >= 11 is 1.76. The van der Waals surface area contributed by atoms with Crippen LogP contribution in [0.15, 0.2) is 53.7 Å². The summed E-state index contributed by atoms with van der Waals surface area (Å²) in [5, 5.41) is 3.33. The van der Waals surface area contributed by atoms with E-state index in [-0.39, 0.29) is 11.6 Å². The van der Waals surface area contributed by atoms with Gasteiger partial charge in [0.15, 0.2) is 5.13 Å². The minimum absolute atomic E-state index is 0.121. The fourth-order valence-corrected chi connectivity index (χ4v) is 3.86. The van der Waals surface area contributed by atoms with Gasteiger partial charge in [0, 0.05) is 24.5 Å². The predicted molar refractivity (Wildman–Crippen MR) is 130 cm³/mol. The van der Waals surface area contributed by atoms with Crippen molar-refractivity contribution in [3.05, 3.63) is 76.3 Å². The molecule has 0 saturated carbocycles. The number of hydrogen-bond donors (Lipinski definition) is 1. The molecule has 1 fully saturated rings. The number of thiazole rings is 1. The second kappa shape index (κ2) is 13.1. The first-order chi connectivity index (χ1) is 14.9. The number of carbonyl (C=O) groups excluding carboxylic acids is 1.